The number of anilines is 1. The molecule has 1 unspecified atom stereocenters. The first-order valence-electron chi connectivity index (χ1n) is 5.53. The van der Waals surface area contributed by atoms with Crippen molar-refractivity contribution in [3.8, 4) is 6.07 Å². The lowest BCUT2D eigenvalue weighted by Gasteiger charge is -2.27. The van der Waals surface area contributed by atoms with Gasteiger partial charge in [0.1, 0.15) is 6.07 Å². The Morgan fingerprint density at radius 3 is 2.75 bits per heavy atom. The van der Waals surface area contributed by atoms with E-state index >= 15 is 0 Å². The zero-order valence-electron chi connectivity index (χ0n) is 10.00. The van der Waals surface area contributed by atoms with Crippen LogP contribution in [-0.2, 0) is 0 Å². The first-order valence-corrected chi connectivity index (χ1v) is 6.32. The molecule has 0 aliphatic carbocycles. The highest BCUT2D eigenvalue weighted by molar-refractivity contribution is 9.10. The molecule has 1 aromatic rings. The topological polar surface area (TPSA) is 27.0 Å². The van der Waals surface area contributed by atoms with Crippen LogP contribution in [0.5, 0.6) is 0 Å². The van der Waals surface area contributed by atoms with E-state index in [1.807, 2.05) is 25.2 Å². The van der Waals surface area contributed by atoms with Crippen molar-refractivity contribution in [1.29, 1.82) is 5.26 Å². The van der Waals surface area contributed by atoms with E-state index in [4.69, 9.17) is 5.26 Å². The third-order valence-corrected chi connectivity index (χ3v) is 3.51. The van der Waals surface area contributed by atoms with E-state index in [0.717, 1.165) is 23.0 Å². The SMILES string of the molecule is CCCC(C)N(C)c1cccc(Br)c1C#N. The van der Waals surface area contributed by atoms with Crippen molar-refractivity contribution >= 4 is 21.6 Å². The van der Waals surface area contributed by atoms with Crippen LogP contribution < -0.4 is 4.90 Å². The molecular weight excluding hydrogens is 264 g/mol. The Balaban J connectivity index is 3.04. The molecule has 1 rings (SSSR count). The van der Waals surface area contributed by atoms with E-state index in [-0.39, 0.29) is 0 Å². The summed E-state index contributed by atoms with van der Waals surface area (Å²) in [6.07, 6.45) is 2.29. The summed E-state index contributed by atoms with van der Waals surface area (Å²) >= 11 is 3.41. The van der Waals surface area contributed by atoms with Crippen molar-refractivity contribution in [3.63, 3.8) is 0 Å². The van der Waals surface area contributed by atoms with Gasteiger partial charge < -0.3 is 4.90 Å². The van der Waals surface area contributed by atoms with Crippen molar-refractivity contribution < 1.29 is 0 Å². The van der Waals surface area contributed by atoms with Gasteiger partial charge in [0.2, 0.25) is 0 Å². The first kappa shape index (κ1) is 13.1. The van der Waals surface area contributed by atoms with Gasteiger partial charge in [-0.2, -0.15) is 5.26 Å². The second kappa shape index (κ2) is 5.91. The standard InChI is InChI=1S/C13H17BrN2/c1-4-6-10(2)16(3)13-8-5-7-12(14)11(13)9-15/h5,7-8,10H,4,6H2,1-3H3. The van der Waals surface area contributed by atoms with E-state index in [9.17, 15) is 0 Å². The Kier molecular flexibility index (Phi) is 4.82. The number of nitriles is 1. The molecule has 0 spiro atoms. The summed E-state index contributed by atoms with van der Waals surface area (Å²) in [5, 5.41) is 9.15. The summed E-state index contributed by atoms with van der Waals surface area (Å²) in [5.74, 6) is 0. The van der Waals surface area contributed by atoms with E-state index in [1.165, 1.54) is 0 Å². The highest BCUT2D eigenvalue weighted by atomic mass is 79.9. The molecule has 1 aromatic carbocycles. The van der Waals surface area contributed by atoms with Gasteiger partial charge in [0, 0.05) is 17.6 Å². The Morgan fingerprint density at radius 2 is 2.19 bits per heavy atom. The van der Waals surface area contributed by atoms with Gasteiger partial charge in [-0.1, -0.05) is 19.4 Å². The molecule has 0 fully saturated rings. The van der Waals surface area contributed by atoms with E-state index in [1.54, 1.807) is 0 Å². The number of halogens is 1. The maximum absolute atomic E-state index is 9.15. The second-order valence-corrected chi connectivity index (χ2v) is 4.85. The van der Waals surface area contributed by atoms with Crippen LogP contribution in [0.1, 0.15) is 32.3 Å². The molecule has 2 nitrogen and oxygen atoms in total. The fourth-order valence-corrected chi connectivity index (χ4v) is 2.21. The van der Waals surface area contributed by atoms with Crippen LogP contribution in [0.4, 0.5) is 5.69 Å². The predicted octanol–water partition coefficient (Wildman–Crippen LogP) is 3.95. The van der Waals surface area contributed by atoms with Crippen molar-refractivity contribution in [2.45, 2.75) is 32.7 Å². The van der Waals surface area contributed by atoms with Gasteiger partial charge in [-0.05, 0) is 41.4 Å². The number of nitrogens with zero attached hydrogens (tertiary/aromatic N) is 2. The molecule has 86 valence electrons. The monoisotopic (exact) mass is 280 g/mol. The van der Waals surface area contributed by atoms with Crippen molar-refractivity contribution in [2.75, 3.05) is 11.9 Å². The molecule has 1 atom stereocenters. The third-order valence-electron chi connectivity index (χ3n) is 2.85. The maximum Gasteiger partial charge on any atom is 0.103 e. The fraction of sp³-hybridized carbons (Fsp3) is 0.462. The molecule has 3 heteroatoms. The minimum Gasteiger partial charge on any atom is -0.371 e. The zero-order valence-corrected chi connectivity index (χ0v) is 11.6. The van der Waals surface area contributed by atoms with Crippen LogP contribution in [0.25, 0.3) is 0 Å². The normalized spacial score (nSPS) is 11.9. The van der Waals surface area contributed by atoms with Gasteiger partial charge in [-0.3, -0.25) is 0 Å². The van der Waals surface area contributed by atoms with E-state index < -0.39 is 0 Å². The Morgan fingerprint density at radius 1 is 1.50 bits per heavy atom. The van der Waals surface area contributed by atoms with Crippen molar-refractivity contribution in [2.24, 2.45) is 0 Å². The number of hydrogen-bond donors (Lipinski definition) is 0. The van der Waals surface area contributed by atoms with Gasteiger partial charge >= 0.3 is 0 Å². The predicted molar refractivity (Wildman–Crippen MR) is 71.6 cm³/mol. The number of hydrogen-bond acceptors (Lipinski definition) is 2. The molecule has 0 heterocycles. The average Bonchev–Trinajstić information content (AvgIpc) is 2.28. The van der Waals surface area contributed by atoms with Crippen LogP contribution in [0.3, 0.4) is 0 Å². The summed E-state index contributed by atoms with van der Waals surface area (Å²) in [4.78, 5) is 2.17. The minimum absolute atomic E-state index is 0.450. The van der Waals surface area contributed by atoms with Gasteiger partial charge in [0.25, 0.3) is 0 Å². The van der Waals surface area contributed by atoms with Crippen LogP contribution in [-0.4, -0.2) is 13.1 Å². The largest absolute Gasteiger partial charge is 0.371 e. The van der Waals surface area contributed by atoms with Crippen LogP contribution in [0, 0.1) is 11.3 Å². The Bertz CT molecular complexity index is 395. The summed E-state index contributed by atoms with van der Waals surface area (Å²) in [6.45, 7) is 4.36. The Hall–Kier alpha value is -1.01. The maximum atomic E-state index is 9.15. The molecule has 0 aliphatic heterocycles. The first-order chi connectivity index (χ1) is 7.61. The van der Waals surface area contributed by atoms with Crippen LogP contribution in [0.2, 0.25) is 0 Å². The number of rotatable bonds is 4. The van der Waals surface area contributed by atoms with Gasteiger partial charge in [-0.25, -0.2) is 0 Å². The fourth-order valence-electron chi connectivity index (χ4n) is 1.77. The molecule has 16 heavy (non-hydrogen) atoms. The summed E-state index contributed by atoms with van der Waals surface area (Å²) in [7, 11) is 2.04. The molecule has 0 saturated carbocycles. The van der Waals surface area contributed by atoms with E-state index in [2.05, 4.69) is 40.7 Å². The molecule has 0 bridgehead atoms. The zero-order chi connectivity index (χ0) is 12.1. The lowest BCUT2D eigenvalue weighted by molar-refractivity contribution is 0.616. The smallest absolute Gasteiger partial charge is 0.103 e. The average molecular weight is 281 g/mol. The molecule has 0 aliphatic rings. The molecular formula is C13H17BrN2. The van der Waals surface area contributed by atoms with Crippen LogP contribution >= 0.6 is 15.9 Å². The third kappa shape index (κ3) is 2.76. The minimum atomic E-state index is 0.450. The molecule has 0 aromatic heterocycles. The molecule has 0 amide bonds. The molecule has 0 saturated heterocycles. The van der Waals surface area contributed by atoms with Gasteiger partial charge in [0.15, 0.2) is 0 Å². The number of benzene rings is 1. The second-order valence-electron chi connectivity index (χ2n) is 3.99. The van der Waals surface area contributed by atoms with E-state index in [0.29, 0.717) is 11.6 Å². The molecule has 0 radical (unpaired) electrons. The highest BCUT2D eigenvalue weighted by Gasteiger charge is 2.14. The van der Waals surface area contributed by atoms with Crippen molar-refractivity contribution in [3.05, 3.63) is 28.2 Å². The highest BCUT2D eigenvalue weighted by Crippen LogP contribution is 2.28. The summed E-state index contributed by atoms with van der Waals surface area (Å²) in [5.41, 5.74) is 1.71. The van der Waals surface area contributed by atoms with Gasteiger partial charge in [0.05, 0.1) is 11.3 Å². The van der Waals surface area contributed by atoms with Crippen LogP contribution in [0.15, 0.2) is 22.7 Å². The molecule has 0 N–H and O–H groups in total. The van der Waals surface area contributed by atoms with Gasteiger partial charge in [-0.15, -0.1) is 0 Å². The quantitative estimate of drug-likeness (QED) is 0.835. The summed E-state index contributed by atoms with van der Waals surface area (Å²) < 4.78 is 0.864. The Labute approximate surface area is 106 Å². The lowest BCUT2D eigenvalue weighted by Crippen LogP contribution is -2.29. The van der Waals surface area contributed by atoms with Crippen molar-refractivity contribution in [1.82, 2.24) is 0 Å². The summed E-state index contributed by atoms with van der Waals surface area (Å²) in [6, 6.07) is 8.57. The lowest BCUT2D eigenvalue weighted by atomic mass is 10.1.